The van der Waals surface area contributed by atoms with E-state index in [4.69, 9.17) is 14.2 Å². The second kappa shape index (κ2) is 52.4. The molecule has 6 nitrogen and oxygen atoms in total. The number of carbonyl (C=O) groups is 3. The average molecular weight is 906 g/mol. The second-order valence-electron chi connectivity index (χ2n) is 20.4. The van der Waals surface area contributed by atoms with Crippen LogP contribution in [0.3, 0.4) is 0 Å². The minimum absolute atomic E-state index is 0.0618. The molecule has 0 saturated heterocycles. The molecule has 0 N–H and O–H groups in total. The summed E-state index contributed by atoms with van der Waals surface area (Å²) in [5, 5.41) is 0. The Balaban J connectivity index is 4.25. The summed E-state index contributed by atoms with van der Waals surface area (Å²) < 4.78 is 16.9. The predicted octanol–water partition coefficient (Wildman–Crippen LogP) is 19.0. The maximum Gasteiger partial charge on any atom is 0.306 e. The number of hydrogen-bond acceptors (Lipinski definition) is 6. The molecule has 0 bridgehead atoms. The smallest absolute Gasteiger partial charge is 0.306 e. The minimum Gasteiger partial charge on any atom is -0.462 e. The molecule has 0 unspecified atom stereocenters. The summed E-state index contributed by atoms with van der Waals surface area (Å²) in [6, 6.07) is 0. The Labute approximate surface area is 399 Å². The number of carbonyl (C=O) groups excluding carboxylic acids is 3. The van der Waals surface area contributed by atoms with Gasteiger partial charge in [-0.15, -0.1) is 0 Å². The van der Waals surface area contributed by atoms with Crippen LogP contribution in [0.5, 0.6) is 0 Å². The van der Waals surface area contributed by atoms with Gasteiger partial charge in [-0.25, -0.2) is 0 Å². The van der Waals surface area contributed by atoms with E-state index in [2.05, 4.69) is 27.7 Å². The van der Waals surface area contributed by atoms with Gasteiger partial charge in [-0.1, -0.05) is 291 Å². The molecule has 0 aromatic carbocycles. The van der Waals surface area contributed by atoms with E-state index in [0.717, 1.165) is 63.7 Å². The van der Waals surface area contributed by atoms with Crippen molar-refractivity contribution >= 4 is 17.9 Å². The van der Waals surface area contributed by atoms with Crippen LogP contribution in [0, 0.1) is 5.92 Å². The van der Waals surface area contributed by atoms with Crippen LogP contribution in [0.15, 0.2) is 0 Å². The summed E-state index contributed by atoms with van der Waals surface area (Å²) in [6.07, 6.45) is 56.6. The van der Waals surface area contributed by atoms with Crippen LogP contribution in [0.1, 0.15) is 329 Å². The van der Waals surface area contributed by atoms with E-state index in [-0.39, 0.29) is 31.1 Å². The van der Waals surface area contributed by atoms with Crippen LogP contribution >= 0.6 is 0 Å². The van der Waals surface area contributed by atoms with Gasteiger partial charge in [0.1, 0.15) is 13.2 Å². The van der Waals surface area contributed by atoms with Crippen molar-refractivity contribution in [3.63, 3.8) is 0 Å². The molecule has 0 rings (SSSR count). The van der Waals surface area contributed by atoms with Crippen molar-refractivity contribution in [1.82, 2.24) is 0 Å². The molecular weight excluding hydrogens is 793 g/mol. The zero-order chi connectivity index (χ0) is 46.7. The Bertz CT molecular complexity index is 964. The molecule has 0 aromatic rings. The van der Waals surface area contributed by atoms with Crippen molar-refractivity contribution in [2.45, 2.75) is 336 Å². The van der Waals surface area contributed by atoms with Gasteiger partial charge < -0.3 is 14.2 Å². The first-order chi connectivity index (χ1) is 31.4. The van der Waals surface area contributed by atoms with Crippen molar-refractivity contribution in [2.75, 3.05) is 13.2 Å². The largest absolute Gasteiger partial charge is 0.462 e. The highest BCUT2D eigenvalue weighted by Gasteiger charge is 2.19. The number of rotatable bonds is 53. The van der Waals surface area contributed by atoms with E-state index in [0.29, 0.717) is 19.3 Å². The number of ether oxygens (including phenoxy) is 3. The summed E-state index contributed by atoms with van der Waals surface area (Å²) in [5.41, 5.74) is 0. The Morgan fingerprint density at radius 3 is 0.766 bits per heavy atom. The highest BCUT2D eigenvalue weighted by molar-refractivity contribution is 5.71. The molecule has 0 fully saturated rings. The lowest BCUT2D eigenvalue weighted by molar-refractivity contribution is -0.167. The zero-order valence-electron chi connectivity index (χ0n) is 43.8. The van der Waals surface area contributed by atoms with Crippen molar-refractivity contribution in [3.05, 3.63) is 0 Å². The number of esters is 3. The van der Waals surface area contributed by atoms with E-state index in [1.165, 1.54) is 225 Å². The van der Waals surface area contributed by atoms with Gasteiger partial charge >= 0.3 is 17.9 Å². The van der Waals surface area contributed by atoms with E-state index in [9.17, 15) is 14.4 Å². The summed E-state index contributed by atoms with van der Waals surface area (Å²) in [5.74, 6) is 0.0158. The first-order valence-corrected chi connectivity index (χ1v) is 28.9. The van der Waals surface area contributed by atoms with E-state index in [1.807, 2.05) is 0 Å². The highest BCUT2D eigenvalue weighted by Crippen LogP contribution is 2.18. The molecule has 0 aliphatic heterocycles. The maximum atomic E-state index is 12.8. The van der Waals surface area contributed by atoms with Gasteiger partial charge in [0.15, 0.2) is 6.10 Å². The lowest BCUT2D eigenvalue weighted by atomic mass is 10.0. The summed E-state index contributed by atoms with van der Waals surface area (Å²) >= 11 is 0. The molecule has 0 amide bonds. The molecule has 380 valence electrons. The molecular formula is C58H112O6. The third-order valence-corrected chi connectivity index (χ3v) is 13.3. The minimum atomic E-state index is -0.761. The van der Waals surface area contributed by atoms with E-state index >= 15 is 0 Å². The van der Waals surface area contributed by atoms with Crippen molar-refractivity contribution in [3.8, 4) is 0 Å². The normalized spacial score (nSPS) is 12.0. The van der Waals surface area contributed by atoms with Gasteiger partial charge in [-0.3, -0.25) is 14.4 Å². The fraction of sp³-hybridized carbons (Fsp3) is 0.948. The van der Waals surface area contributed by atoms with Crippen molar-refractivity contribution in [1.29, 1.82) is 0 Å². The van der Waals surface area contributed by atoms with Gasteiger partial charge in [0.05, 0.1) is 0 Å². The van der Waals surface area contributed by atoms with Gasteiger partial charge in [0.2, 0.25) is 0 Å². The maximum absolute atomic E-state index is 12.8. The van der Waals surface area contributed by atoms with Crippen molar-refractivity contribution in [2.24, 2.45) is 5.92 Å². The monoisotopic (exact) mass is 905 g/mol. The van der Waals surface area contributed by atoms with Crippen LogP contribution in [0.2, 0.25) is 0 Å². The second-order valence-corrected chi connectivity index (χ2v) is 20.4. The first kappa shape index (κ1) is 62.4. The van der Waals surface area contributed by atoms with Crippen LogP contribution in [-0.2, 0) is 28.6 Å². The molecule has 0 radical (unpaired) electrons. The molecule has 0 spiro atoms. The third-order valence-electron chi connectivity index (χ3n) is 13.3. The molecule has 1 atom stereocenters. The lowest BCUT2D eigenvalue weighted by Crippen LogP contribution is -2.30. The molecule has 6 heteroatoms. The van der Waals surface area contributed by atoms with Gasteiger partial charge in [0.25, 0.3) is 0 Å². The molecule has 0 heterocycles. The Kier molecular flexibility index (Phi) is 51.1. The predicted molar refractivity (Wildman–Crippen MR) is 275 cm³/mol. The summed E-state index contributed by atoms with van der Waals surface area (Å²) in [6.45, 7) is 9.06. The Morgan fingerprint density at radius 1 is 0.297 bits per heavy atom. The van der Waals surface area contributed by atoms with Crippen LogP contribution < -0.4 is 0 Å². The number of unbranched alkanes of at least 4 members (excludes halogenated alkanes) is 40. The van der Waals surface area contributed by atoms with E-state index < -0.39 is 6.10 Å². The highest BCUT2D eigenvalue weighted by atomic mass is 16.6. The molecule has 0 aromatic heterocycles. The van der Waals surface area contributed by atoms with Gasteiger partial charge in [-0.05, 0) is 25.2 Å². The van der Waals surface area contributed by atoms with Gasteiger partial charge in [0, 0.05) is 19.3 Å². The molecule has 64 heavy (non-hydrogen) atoms. The van der Waals surface area contributed by atoms with Crippen LogP contribution in [-0.4, -0.2) is 37.2 Å². The SMILES string of the molecule is CCCCCCCCCCCCCCCCCCC(=O)OC[C@H](COC(=O)CCCCCCCCCCCCC)OC(=O)CCCCCCCCCCCCCCCCCCC(C)C. The lowest BCUT2D eigenvalue weighted by Gasteiger charge is -2.18. The summed E-state index contributed by atoms with van der Waals surface area (Å²) in [7, 11) is 0. The quantitative estimate of drug-likeness (QED) is 0.0344. The first-order valence-electron chi connectivity index (χ1n) is 28.9. The van der Waals surface area contributed by atoms with Crippen molar-refractivity contribution < 1.29 is 28.6 Å². The summed E-state index contributed by atoms with van der Waals surface area (Å²) in [4.78, 5) is 38.1. The molecule has 0 saturated carbocycles. The zero-order valence-corrected chi connectivity index (χ0v) is 43.8. The van der Waals surface area contributed by atoms with Gasteiger partial charge in [-0.2, -0.15) is 0 Å². The Hall–Kier alpha value is -1.59. The average Bonchev–Trinajstić information content (AvgIpc) is 3.28. The number of hydrogen-bond donors (Lipinski definition) is 0. The topological polar surface area (TPSA) is 78.9 Å². The van der Waals surface area contributed by atoms with Crippen LogP contribution in [0.4, 0.5) is 0 Å². The van der Waals surface area contributed by atoms with Crippen LogP contribution in [0.25, 0.3) is 0 Å². The van der Waals surface area contributed by atoms with E-state index in [1.54, 1.807) is 0 Å². The molecule has 0 aliphatic carbocycles. The fourth-order valence-corrected chi connectivity index (χ4v) is 8.92. The standard InChI is InChI=1S/C58H112O6/c1-5-7-9-11-13-15-17-18-19-23-26-30-34-38-42-46-50-57(60)63-53-55(52-62-56(59)49-45-41-37-33-28-16-14-12-10-8-6-2)64-58(61)51-47-43-39-35-31-27-24-21-20-22-25-29-32-36-40-44-48-54(3)4/h54-55H,5-53H2,1-4H3/t55-/m0/s1. The fourth-order valence-electron chi connectivity index (χ4n) is 8.92. The Morgan fingerprint density at radius 2 is 0.516 bits per heavy atom. The third kappa shape index (κ3) is 51.4. The molecule has 0 aliphatic rings.